The summed E-state index contributed by atoms with van der Waals surface area (Å²) in [6.07, 6.45) is 1.28. The highest BCUT2D eigenvalue weighted by molar-refractivity contribution is 9.10. The predicted molar refractivity (Wildman–Crippen MR) is 126 cm³/mol. The number of anilines is 1. The molecule has 6 rings (SSSR count). The second-order valence-electron chi connectivity index (χ2n) is 7.71. The van der Waals surface area contributed by atoms with E-state index < -0.39 is 0 Å². The van der Waals surface area contributed by atoms with Crippen molar-refractivity contribution in [2.24, 2.45) is 0 Å². The van der Waals surface area contributed by atoms with E-state index in [1.54, 1.807) is 13.4 Å². The van der Waals surface area contributed by atoms with Gasteiger partial charge in [-0.25, -0.2) is 4.68 Å². The van der Waals surface area contributed by atoms with Crippen molar-refractivity contribution in [2.45, 2.75) is 12.1 Å². The van der Waals surface area contributed by atoms with Crippen molar-refractivity contribution in [3.05, 3.63) is 106 Å². The first-order valence-corrected chi connectivity index (χ1v) is 11.1. The zero-order valence-electron chi connectivity index (χ0n) is 17.2. The highest BCUT2D eigenvalue weighted by Gasteiger charge is 2.40. The van der Waals surface area contributed by atoms with E-state index in [4.69, 9.17) is 9.47 Å². The smallest absolute Gasteiger partial charge is 0.226 e. The van der Waals surface area contributed by atoms with Gasteiger partial charge in [0.05, 0.1) is 12.8 Å². The number of halogens is 1. The number of benzene rings is 3. The lowest BCUT2D eigenvalue weighted by atomic mass is 9.84. The van der Waals surface area contributed by atoms with E-state index in [0.29, 0.717) is 5.95 Å². The van der Waals surface area contributed by atoms with E-state index in [2.05, 4.69) is 61.7 Å². The average molecular weight is 487 g/mol. The molecule has 2 unspecified atom stereocenters. The van der Waals surface area contributed by atoms with Gasteiger partial charge in [-0.3, -0.25) is 0 Å². The molecule has 4 aromatic rings. The van der Waals surface area contributed by atoms with Crippen LogP contribution in [0.5, 0.6) is 11.5 Å². The number of ether oxygens (including phenoxy) is 2. The summed E-state index contributed by atoms with van der Waals surface area (Å²) in [6.45, 7) is 0. The Morgan fingerprint density at radius 1 is 1.00 bits per heavy atom. The molecule has 6 nitrogen and oxygen atoms in total. The minimum atomic E-state index is -0.297. The number of rotatable bonds is 3. The Morgan fingerprint density at radius 2 is 1.84 bits per heavy atom. The number of fused-ring (bicyclic) bond motifs is 3. The lowest BCUT2D eigenvalue weighted by Gasteiger charge is -2.39. The Labute approximate surface area is 193 Å². The third kappa shape index (κ3) is 3.00. The molecule has 2 aliphatic rings. The van der Waals surface area contributed by atoms with E-state index in [9.17, 15) is 0 Å². The minimum absolute atomic E-state index is 0.188. The highest BCUT2D eigenvalue weighted by Crippen LogP contribution is 2.50. The van der Waals surface area contributed by atoms with Gasteiger partial charge < -0.3 is 14.8 Å². The zero-order valence-corrected chi connectivity index (χ0v) is 18.8. The summed E-state index contributed by atoms with van der Waals surface area (Å²) in [6, 6.07) is 24.2. The van der Waals surface area contributed by atoms with Crippen molar-refractivity contribution < 1.29 is 9.47 Å². The average Bonchev–Trinajstić information content (AvgIpc) is 3.30. The van der Waals surface area contributed by atoms with Crippen LogP contribution in [0.25, 0.3) is 5.70 Å². The summed E-state index contributed by atoms with van der Waals surface area (Å²) >= 11 is 3.62. The molecular formula is C25H19BrN4O2. The van der Waals surface area contributed by atoms with Crippen LogP contribution in [0.1, 0.15) is 28.8 Å². The van der Waals surface area contributed by atoms with E-state index in [0.717, 1.165) is 43.9 Å². The topological polar surface area (TPSA) is 61.2 Å². The summed E-state index contributed by atoms with van der Waals surface area (Å²) < 4.78 is 14.9. The quantitative estimate of drug-likeness (QED) is 0.407. The predicted octanol–water partition coefficient (Wildman–Crippen LogP) is 5.61. The maximum absolute atomic E-state index is 6.63. The molecule has 2 aliphatic heterocycles. The fraction of sp³-hybridized carbons (Fsp3) is 0.120. The summed E-state index contributed by atoms with van der Waals surface area (Å²) in [5.41, 5.74) is 5.25. The third-order valence-electron chi connectivity index (χ3n) is 5.90. The highest BCUT2D eigenvalue weighted by atomic mass is 79.9. The molecule has 7 heteroatoms. The van der Waals surface area contributed by atoms with Crippen molar-refractivity contribution >= 4 is 27.6 Å². The van der Waals surface area contributed by atoms with Crippen LogP contribution in [0.2, 0.25) is 0 Å². The number of nitrogens with zero attached hydrogens (tertiary/aromatic N) is 3. The molecule has 1 aromatic heterocycles. The fourth-order valence-electron chi connectivity index (χ4n) is 4.47. The lowest BCUT2D eigenvalue weighted by molar-refractivity contribution is 0.223. The first kappa shape index (κ1) is 19.1. The second kappa shape index (κ2) is 7.53. The van der Waals surface area contributed by atoms with Crippen molar-refractivity contribution in [3.8, 4) is 11.5 Å². The molecule has 1 N–H and O–H groups in total. The molecule has 0 fully saturated rings. The van der Waals surface area contributed by atoms with Crippen LogP contribution < -0.4 is 14.8 Å². The van der Waals surface area contributed by atoms with Crippen molar-refractivity contribution in [1.29, 1.82) is 0 Å². The van der Waals surface area contributed by atoms with Crippen molar-refractivity contribution in [3.63, 3.8) is 0 Å². The van der Waals surface area contributed by atoms with Crippen LogP contribution in [0, 0.1) is 0 Å². The summed E-state index contributed by atoms with van der Waals surface area (Å²) in [7, 11) is 1.67. The van der Waals surface area contributed by atoms with E-state index in [-0.39, 0.29) is 12.1 Å². The molecule has 3 aromatic carbocycles. The molecule has 0 saturated heterocycles. The minimum Gasteiger partial charge on any atom is -0.497 e. The van der Waals surface area contributed by atoms with Crippen molar-refractivity contribution in [1.82, 2.24) is 14.8 Å². The fourth-order valence-corrected chi connectivity index (χ4v) is 4.89. The van der Waals surface area contributed by atoms with Crippen LogP contribution in [-0.2, 0) is 0 Å². The molecule has 0 amide bonds. The second-order valence-corrected chi connectivity index (χ2v) is 8.62. The lowest BCUT2D eigenvalue weighted by Crippen LogP contribution is -2.32. The van der Waals surface area contributed by atoms with Gasteiger partial charge in [0.15, 0.2) is 0 Å². The first-order chi connectivity index (χ1) is 15.7. The van der Waals surface area contributed by atoms with E-state index in [1.807, 2.05) is 47.1 Å². The summed E-state index contributed by atoms with van der Waals surface area (Å²) in [4.78, 5) is 4.48. The zero-order chi connectivity index (χ0) is 21.7. The van der Waals surface area contributed by atoms with E-state index in [1.165, 1.54) is 0 Å². The number of methoxy groups -OCH3 is 1. The molecule has 0 spiro atoms. The van der Waals surface area contributed by atoms with Gasteiger partial charge in [-0.05, 0) is 47.5 Å². The molecule has 0 aliphatic carbocycles. The molecule has 32 heavy (non-hydrogen) atoms. The Bertz CT molecular complexity index is 1350. The van der Waals surface area contributed by atoms with Gasteiger partial charge in [0.2, 0.25) is 5.95 Å². The van der Waals surface area contributed by atoms with Crippen LogP contribution >= 0.6 is 15.9 Å². The first-order valence-electron chi connectivity index (χ1n) is 10.3. The van der Waals surface area contributed by atoms with Crippen LogP contribution in [0.3, 0.4) is 0 Å². The Morgan fingerprint density at radius 3 is 2.66 bits per heavy atom. The van der Waals surface area contributed by atoms with Gasteiger partial charge in [0.25, 0.3) is 0 Å². The molecule has 2 atom stereocenters. The van der Waals surface area contributed by atoms with Crippen molar-refractivity contribution in [2.75, 3.05) is 12.4 Å². The Hall–Kier alpha value is -3.58. The maximum Gasteiger partial charge on any atom is 0.226 e. The standard InChI is InChI=1S/C25H19BrN4O2/c1-31-18-11-9-15(10-12-18)23-21-22(29-25-27-14-28-30(23)25)19-7-2-3-8-20(19)32-24(21)16-5-4-6-17(26)13-16/h2-14,23-24H,1H3,(H,27,28,29). The van der Waals surface area contributed by atoms with Crippen LogP contribution in [0.4, 0.5) is 5.95 Å². The number of hydrogen-bond donors (Lipinski definition) is 1. The number of para-hydroxylation sites is 1. The van der Waals surface area contributed by atoms with Gasteiger partial charge in [-0.15, -0.1) is 0 Å². The molecule has 158 valence electrons. The Kier molecular flexibility index (Phi) is 4.50. The Balaban J connectivity index is 1.61. The third-order valence-corrected chi connectivity index (χ3v) is 6.40. The monoisotopic (exact) mass is 486 g/mol. The van der Waals surface area contributed by atoms with Crippen LogP contribution in [0.15, 0.2) is 89.2 Å². The largest absolute Gasteiger partial charge is 0.497 e. The van der Waals surface area contributed by atoms with Crippen LogP contribution in [-0.4, -0.2) is 21.9 Å². The number of nitrogens with one attached hydrogen (secondary N) is 1. The molecule has 0 saturated carbocycles. The molecule has 0 bridgehead atoms. The van der Waals surface area contributed by atoms with Gasteiger partial charge in [0, 0.05) is 15.6 Å². The van der Waals surface area contributed by atoms with E-state index >= 15 is 0 Å². The summed E-state index contributed by atoms with van der Waals surface area (Å²) in [5.74, 6) is 2.35. The summed E-state index contributed by atoms with van der Waals surface area (Å²) in [5, 5.41) is 8.09. The van der Waals surface area contributed by atoms with Gasteiger partial charge in [-0.2, -0.15) is 10.1 Å². The molecular weight excluding hydrogens is 468 g/mol. The molecule has 3 heterocycles. The maximum atomic E-state index is 6.63. The van der Waals surface area contributed by atoms with Gasteiger partial charge in [-0.1, -0.05) is 52.3 Å². The number of hydrogen-bond acceptors (Lipinski definition) is 5. The SMILES string of the molecule is COc1ccc(C2C3=C(Nc4ncnn42)c2ccccc2OC3c2cccc(Br)c2)cc1. The molecule has 0 radical (unpaired) electrons. The van der Waals surface area contributed by atoms with Gasteiger partial charge in [0.1, 0.15) is 30.0 Å². The van der Waals surface area contributed by atoms with Gasteiger partial charge >= 0.3 is 0 Å². The normalized spacial score (nSPS) is 18.7. The number of aromatic nitrogens is 3.